The largest absolute Gasteiger partial charge is 0.494 e. The number of hydrogen-bond donors (Lipinski definition) is 3. The summed E-state index contributed by atoms with van der Waals surface area (Å²) in [6.45, 7) is 3.31. The van der Waals surface area contributed by atoms with E-state index in [9.17, 15) is 4.79 Å². The second kappa shape index (κ2) is 13.6. The smallest absolute Gasteiger partial charge is 0.149 e. The monoisotopic (exact) mass is 372 g/mol. The summed E-state index contributed by atoms with van der Waals surface area (Å²) in [5.41, 5.74) is 13.8. The normalized spacial score (nSPS) is 11.7. The zero-order chi connectivity index (χ0) is 17.1. The fourth-order valence-electron chi connectivity index (χ4n) is 2.47. The molecule has 0 aromatic heterocycles. The molecular weight excluding hydrogens is 340 g/mol. The Morgan fingerprint density at radius 1 is 1.25 bits per heavy atom. The summed E-state index contributed by atoms with van der Waals surface area (Å²) < 4.78 is 5.74. The molecule has 0 aliphatic carbocycles. The fraction of sp³-hybridized carbons (Fsp3) is 0.611. The van der Waals surface area contributed by atoms with Crippen LogP contribution in [0.4, 0.5) is 0 Å². The van der Waals surface area contributed by atoms with Crippen LogP contribution in [-0.2, 0) is 17.0 Å². The van der Waals surface area contributed by atoms with Crippen LogP contribution in [0.5, 0.6) is 5.75 Å². The summed E-state index contributed by atoms with van der Waals surface area (Å²) in [7, 11) is 0. The van der Waals surface area contributed by atoms with Crippen LogP contribution in [0, 0.1) is 0 Å². The number of carbonyl (C=O) groups excluding carboxylic acids is 1. The number of ether oxygens (including phenoxy) is 1. The van der Waals surface area contributed by atoms with Crippen LogP contribution in [0.1, 0.15) is 50.2 Å². The zero-order valence-corrected chi connectivity index (χ0v) is 16.5. The molecule has 0 saturated heterocycles. The highest BCUT2D eigenvalue weighted by molar-refractivity contribution is 7.79. The van der Waals surface area contributed by atoms with Gasteiger partial charge in [0.15, 0.2) is 0 Å². The van der Waals surface area contributed by atoms with Crippen LogP contribution in [0.15, 0.2) is 18.2 Å². The van der Waals surface area contributed by atoms with E-state index in [4.69, 9.17) is 16.2 Å². The zero-order valence-electron chi connectivity index (χ0n) is 14.6. The number of carbonyl (C=O) groups is 1. The van der Waals surface area contributed by atoms with Crippen LogP contribution in [-0.4, -0.2) is 25.0 Å². The molecule has 0 fully saturated rings. The molecule has 0 saturated carbocycles. The number of aryl methyl sites for hydroxylation is 1. The Kier molecular flexibility index (Phi) is 13.2. The average Bonchev–Trinajstić information content (AvgIpc) is 2.58. The van der Waals surface area contributed by atoms with Crippen molar-refractivity contribution in [2.75, 3.05) is 13.2 Å². The first-order valence-electron chi connectivity index (χ1n) is 8.46. The fourth-order valence-corrected chi connectivity index (χ4v) is 2.78. The van der Waals surface area contributed by atoms with Gasteiger partial charge in [0.2, 0.25) is 0 Å². The summed E-state index contributed by atoms with van der Waals surface area (Å²) in [6.07, 6.45) is 4.69. The summed E-state index contributed by atoms with van der Waals surface area (Å²) >= 11 is 4.33. The maximum absolute atomic E-state index is 11.9. The lowest BCUT2D eigenvalue weighted by atomic mass is 10.0. The molecule has 1 aromatic rings. The van der Waals surface area contributed by atoms with Crippen molar-refractivity contribution >= 4 is 31.9 Å². The number of benzene rings is 1. The maximum Gasteiger partial charge on any atom is 0.149 e. The molecule has 0 amide bonds. The molecule has 1 atom stereocenters. The second-order valence-corrected chi connectivity index (χ2v) is 6.07. The number of Topliss-reactive ketones (excluding diaryl/α,β-unsaturated/α-hetero) is 1. The molecule has 0 aliphatic rings. The molecule has 0 bridgehead atoms. The topological polar surface area (TPSA) is 78.3 Å². The molecule has 24 heavy (non-hydrogen) atoms. The van der Waals surface area contributed by atoms with Crippen molar-refractivity contribution in [1.82, 2.24) is 0 Å². The third-order valence-electron chi connectivity index (χ3n) is 3.95. The number of unbranched alkanes of at least 4 members (excludes halogenated alkanes) is 1. The molecule has 0 aliphatic heterocycles. The molecule has 0 unspecified atom stereocenters. The Hall–Kier alpha value is -0.690. The van der Waals surface area contributed by atoms with Crippen LogP contribution in [0.2, 0.25) is 0 Å². The standard InChI is InChI=1S/C18H30N2O2S.H2S/c1-2-14-12-16(9-8-15(14)13-23)22-11-5-7-18(21)17(20)6-3-4-10-19;/h8-9,12,17,23H,2-7,10-11,13,19-20H2,1H3;1H2/t17-;/m0./s1. The Morgan fingerprint density at radius 2 is 2.00 bits per heavy atom. The predicted octanol–water partition coefficient (Wildman–Crippen LogP) is 2.98. The summed E-state index contributed by atoms with van der Waals surface area (Å²) in [5.74, 6) is 1.71. The third kappa shape index (κ3) is 8.42. The van der Waals surface area contributed by atoms with Crippen molar-refractivity contribution < 1.29 is 9.53 Å². The molecule has 6 heteroatoms. The van der Waals surface area contributed by atoms with Gasteiger partial charge in [-0.05, 0) is 55.5 Å². The molecule has 0 radical (unpaired) electrons. The van der Waals surface area contributed by atoms with Gasteiger partial charge < -0.3 is 16.2 Å². The predicted molar refractivity (Wildman–Crippen MR) is 110 cm³/mol. The van der Waals surface area contributed by atoms with E-state index in [-0.39, 0.29) is 25.3 Å². The lowest BCUT2D eigenvalue weighted by Gasteiger charge is -2.12. The number of thiol groups is 1. The van der Waals surface area contributed by atoms with Gasteiger partial charge in [-0.1, -0.05) is 19.4 Å². The lowest BCUT2D eigenvalue weighted by Crippen LogP contribution is -2.30. The molecule has 0 heterocycles. The van der Waals surface area contributed by atoms with Crippen LogP contribution in [0.25, 0.3) is 0 Å². The number of hydrogen-bond acceptors (Lipinski definition) is 5. The third-order valence-corrected chi connectivity index (χ3v) is 4.29. The Balaban J connectivity index is 0.00000529. The van der Waals surface area contributed by atoms with Gasteiger partial charge in [0.05, 0.1) is 12.6 Å². The van der Waals surface area contributed by atoms with Crippen molar-refractivity contribution in [3.05, 3.63) is 29.3 Å². The molecule has 138 valence electrons. The van der Waals surface area contributed by atoms with E-state index in [2.05, 4.69) is 31.7 Å². The molecule has 4 nitrogen and oxygen atoms in total. The van der Waals surface area contributed by atoms with E-state index in [1.165, 1.54) is 11.1 Å². The van der Waals surface area contributed by atoms with Crippen molar-refractivity contribution in [1.29, 1.82) is 0 Å². The van der Waals surface area contributed by atoms with Crippen molar-refractivity contribution in [3.8, 4) is 5.75 Å². The number of nitrogens with two attached hydrogens (primary N) is 2. The van der Waals surface area contributed by atoms with Gasteiger partial charge >= 0.3 is 0 Å². The minimum absolute atomic E-state index is 0. The molecular formula is C18H32N2O2S2. The summed E-state index contributed by atoms with van der Waals surface area (Å²) in [5, 5.41) is 0. The molecule has 0 spiro atoms. The minimum Gasteiger partial charge on any atom is -0.494 e. The summed E-state index contributed by atoms with van der Waals surface area (Å²) in [4.78, 5) is 11.9. The van der Waals surface area contributed by atoms with Crippen LogP contribution >= 0.6 is 26.1 Å². The van der Waals surface area contributed by atoms with Gasteiger partial charge in [-0.25, -0.2) is 0 Å². The first kappa shape index (κ1) is 23.3. The highest BCUT2D eigenvalue weighted by atomic mass is 32.1. The van der Waals surface area contributed by atoms with E-state index in [1.807, 2.05) is 6.07 Å². The highest BCUT2D eigenvalue weighted by Gasteiger charge is 2.12. The van der Waals surface area contributed by atoms with E-state index in [0.29, 0.717) is 26.0 Å². The maximum atomic E-state index is 11.9. The quantitative estimate of drug-likeness (QED) is 0.389. The molecule has 1 rings (SSSR count). The molecule has 1 aromatic carbocycles. The van der Waals surface area contributed by atoms with E-state index >= 15 is 0 Å². The van der Waals surface area contributed by atoms with E-state index < -0.39 is 0 Å². The Bertz CT molecular complexity index is 484. The average molecular weight is 373 g/mol. The first-order valence-corrected chi connectivity index (χ1v) is 9.09. The minimum atomic E-state index is -0.358. The van der Waals surface area contributed by atoms with Crippen LogP contribution in [0.3, 0.4) is 0 Å². The van der Waals surface area contributed by atoms with E-state index in [1.54, 1.807) is 0 Å². The SMILES string of the molecule is CCc1cc(OCCCC(=O)[C@@H](N)CCCCN)ccc1CS.S. The first-order chi connectivity index (χ1) is 11.1. The Labute approximate surface area is 158 Å². The lowest BCUT2D eigenvalue weighted by molar-refractivity contribution is -0.120. The van der Waals surface area contributed by atoms with Crippen molar-refractivity contribution in [2.45, 2.75) is 57.2 Å². The van der Waals surface area contributed by atoms with Crippen molar-refractivity contribution in [3.63, 3.8) is 0 Å². The second-order valence-electron chi connectivity index (χ2n) is 5.75. The van der Waals surface area contributed by atoms with Gasteiger partial charge in [0, 0.05) is 12.2 Å². The van der Waals surface area contributed by atoms with Gasteiger partial charge in [-0.3, -0.25) is 4.79 Å². The van der Waals surface area contributed by atoms with Gasteiger partial charge in [-0.2, -0.15) is 26.1 Å². The number of ketones is 1. The number of rotatable bonds is 12. The summed E-state index contributed by atoms with van der Waals surface area (Å²) in [6, 6.07) is 5.72. The van der Waals surface area contributed by atoms with Gasteiger partial charge in [-0.15, -0.1) is 0 Å². The van der Waals surface area contributed by atoms with Gasteiger partial charge in [0.25, 0.3) is 0 Å². The Morgan fingerprint density at radius 3 is 2.62 bits per heavy atom. The highest BCUT2D eigenvalue weighted by Crippen LogP contribution is 2.20. The van der Waals surface area contributed by atoms with Crippen LogP contribution < -0.4 is 16.2 Å². The van der Waals surface area contributed by atoms with Crippen molar-refractivity contribution in [2.24, 2.45) is 11.5 Å². The van der Waals surface area contributed by atoms with E-state index in [0.717, 1.165) is 37.2 Å². The van der Waals surface area contributed by atoms with Gasteiger partial charge in [0.1, 0.15) is 11.5 Å². The molecule has 4 N–H and O–H groups in total.